The number of anilines is 1. The Morgan fingerprint density at radius 3 is 2.64 bits per heavy atom. The molecule has 2 aromatic rings. The van der Waals surface area contributed by atoms with Gasteiger partial charge in [-0.15, -0.1) is 0 Å². The van der Waals surface area contributed by atoms with Gasteiger partial charge in [0.1, 0.15) is 18.0 Å². The highest BCUT2D eigenvalue weighted by Crippen LogP contribution is 2.36. The molecule has 1 unspecified atom stereocenters. The molecule has 0 bridgehead atoms. The molecular formula is C15H17F4N5O4. The molecule has 13 heteroatoms. The summed E-state index contributed by atoms with van der Waals surface area (Å²) in [5.41, 5.74) is -0.544. The second-order valence-electron chi connectivity index (χ2n) is 6.26. The number of hydrogen-bond acceptors (Lipinski definition) is 8. The highest BCUT2D eigenvalue weighted by Gasteiger charge is 2.46. The van der Waals surface area contributed by atoms with Crippen LogP contribution >= 0.6 is 0 Å². The fourth-order valence-corrected chi connectivity index (χ4v) is 2.70. The molecule has 3 heterocycles. The van der Waals surface area contributed by atoms with E-state index in [0.717, 1.165) is 10.9 Å². The van der Waals surface area contributed by atoms with Gasteiger partial charge in [-0.2, -0.15) is 13.2 Å². The van der Waals surface area contributed by atoms with Crippen molar-refractivity contribution < 1.29 is 37.6 Å². The average Bonchev–Trinajstić information content (AvgIpc) is 3.16. The Balaban J connectivity index is 2.12. The molecule has 9 nitrogen and oxygen atoms in total. The maximum atomic E-state index is 14.4. The van der Waals surface area contributed by atoms with Crippen molar-refractivity contribution in [3.8, 4) is 0 Å². The number of aliphatic hydroxyl groups is 3. The van der Waals surface area contributed by atoms with E-state index in [0.29, 0.717) is 0 Å². The molecule has 28 heavy (non-hydrogen) atoms. The summed E-state index contributed by atoms with van der Waals surface area (Å²) in [5, 5.41) is 30.8. The number of aliphatic hydroxyl groups excluding tert-OH is 3. The summed E-state index contributed by atoms with van der Waals surface area (Å²) in [5.74, 6) is -2.23. The third kappa shape index (κ3) is 3.47. The van der Waals surface area contributed by atoms with Crippen LogP contribution in [0.25, 0.3) is 11.2 Å². The van der Waals surface area contributed by atoms with E-state index in [2.05, 4.69) is 26.8 Å². The van der Waals surface area contributed by atoms with Crippen molar-refractivity contribution in [1.29, 1.82) is 0 Å². The molecule has 0 saturated carbocycles. The van der Waals surface area contributed by atoms with Crippen molar-refractivity contribution in [3.63, 3.8) is 0 Å². The van der Waals surface area contributed by atoms with Crippen LogP contribution in [-0.2, 0) is 10.9 Å². The predicted octanol–water partition coefficient (Wildman–Crippen LogP) is 1.31. The first kappa shape index (κ1) is 20.2. The van der Waals surface area contributed by atoms with Crippen molar-refractivity contribution in [2.75, 3.05) is 11.9 Å². The van der Waals surface area contributed by atoms with E-state index in [1.165, 1.54) is 6.92 Å². The Kier molecular flexibility index (Phi) is 5.16. The van der Waals surface area contributed by atoms with Crippen LogP contribution in [0.5, 0.6) is 0 Å². The number of aromatic nitrogens is 4. The molecule has 1 saturated heterocycles. The van der Waals surface area contributed by atoms with Crippen molar-refractivity contribution in [2.45, 2.75) is 43.7 Å². The Morgan fingerprint density at radius 1 is 1.43 bits per heavy atom. The van der Waals surface area contributed by atoms with Crippen LogP contribution in [0.3, 0.4) is 0 Å². The minimum Gasteiger partial charge on any atom is -0.511 e. The van der Waals surface area contributed by atoms with Crippen LogP contribution in [0.1, 0.15) is 19.0 Å². The van der Waals surface area contributed by atoms with Gasteiger partial charge in [-0.1, -0.05) is 6.58 Å². The Labute approximate surface area is 155 Å². The van der Waals surface area contributed by atoms with E-state index in [1.54, 1.807) is 0 Å². The summed E-state index contributed by atoms with van der Waals surface area (Å²) in [6.45, 7) is 4.03. The van der Waals surface area contributed by atoms with Crippen LogP contribution < -0.4 is 5.32 Å². The number of alkyl halides is 4. The smallest absolute Gasteiger partial charge is 0.451 e. The molecule has 5 atom stereocenters. The number of fused-ring (bicyclic) bond motifs is 1. The molecule has 2 aromatic heterocycles. The van der Waals surface area contributed by atoms with E-state index in [1.807, 2.05) is 0 Å². The molecule has 1 aliphatic heterocycles. The lowest BCUT2D eigenvalue weighted by atomic mass is 10.1. The van der Waals surface area contributed by atoms with E-state index < -0.39 is 54.9 Å². The number of nitrogens with zero attached hydrogens (tertiary/aromatic N) is 4. The maximum absolute atomic E-state index is 14.4. The lowest BCUT2D eigenvalue weighted by Crippen LogP contribution is -2.30. The molecule has 0 aromatic carbocycles. The molecule has 4 N–H and O–H groups in total. The third-order valence-corrected chi connectivity index (χ3v) is 4.28. The third-order valence-electron chi connectivity index (χ3n) is 4.28. The van der Waals surface area contributed by atoms with Crippen molar-refractivity contribution in [1.82, 2.24) is 19.5 Å². The van der Waals surface area contributed by atoms with Gasteiger partial charge in [0.25, 0.3) is 0 Å². The summed E-state index contributed by atoms with van der Waals surface area (Å²) in [6, 6.07) is -0.860. The second-order valence-corrected chi connectivity index (χ2v) is 6.26. The minimum atomic E-state index is -4.92. The van der Waals surface area contributed by atoms with Gasteiger partial charge >= 0.3 is 6.18 Å². The molecule has 0 aliphatic carbocycles. The zero-order chi connectivity index (χ0) is 20.8. The Morgan fingerprint density at radius 2 is 2.11 bits per heavy atom. The van der Waals surface area contributed by atoms with E-state index in [4.69, 9.17) is 9.84 Å². The Bertz CT molecular complexity index is 889. The largest absolute Gasteiger partial charge is 0.511 e. The van der Waals surface area contributed by atoms with Crippen LogP contribution in [0.2, 0.25) is 0 Å². The number of imidazole rings is 1. The zero-order valence-corrected chi connectivity index (χ0v) is 14.4. The molecule has 0 spiro atoms. The number of rotatable bonds is 5. The fourth-order valence-electron chi connectivity index (χ4n) is 2.70. The predicted molar refractivity (Wildman–Crippen MR) is 87.1 cm³/mol. The number of ether oxygens (including phenoxy) is 1. The van der Waals surface area contributed by atoms with Gasteiger partial charge < -0.3 is 25.4 Å². The fraction of sp³-hybridized carbons (Fsp3) is 0.533. The minimum absolute atomic E-state index is 0.140. The van der Waals surface area contributed by atoms with Gasteiger partial charge in [0.2, 0.25) is 5.82 Å². The first-order chi connectivity index (χ1) is 13.0. The standard InChI is InChI=1S/C15H17F4N5O4/c1-5(6(2)26)21-11-9-12(23-14(22-11)15(17,18)19)24(4-20-9)13-8(16)10(27)7(3-25)28-13/h4-5,7-8,10,13,25-27H,2-3H2,1H3,(H,21,22,23)/t5?,7-,8+,10-,13-/m1/s1. The maximum Gasteiger partial charge on any atom is 0.451 e. The quantitative estimate of drug-likeness (QED) is 0.432. The van der Waals surface area contributed by atoms with E-state index >= 15 is 0 Å². The van der Waals surface area contributed by atoms with Gasteiger partial charge in [-0.05, 0) is 6.92 Å². The SMILES string of the molecule is C=C(O)C(C)Nc1nc(C(F)(F)F)nc2c1ncn2[C@@H]1O[C@H](CO)[C@@H](O)[C@@H]1F. The first-order valence-electron chi connectivity index (χ1n) is 8.09. The van der Waals surface area contributed by atoms with Crippen molar-refractivity contribution in [2.24, 2.45) is 0 Å². The lowest BCUT2D eigenvalue weighted by Gasteiger charge is -2.17. The number of hydrogen-bond donors (Lipinski definition) is 4. The van der Waals surface area contributed by atoms with Gasteiger partial charge in [-0.3, -0.25) is 4.57 Å². The van der Waals surface area contributed by atoms with Crippen LogP contribution in [0.4, 0.5) is 23.4 Å². The molecule has 0 amide bonds. The highest BCUT2D eigenvalue weighted by molar-refractivity contribution is 5.83. The number of nitrogens with one attached hydrogen (secondary N) is 1. The topological polar surface area (TPSA) is 126 Å². The number of halogens is 4. The summed E-state index contributed by atoms with van der Waals surface area (Å²) >= 11 is 0. The summed E-state index contributed by atoms with van der Waals surface area (Å²) in [7, 11) is 0. The van der Waals surface area contributed by atoms with E-state index in [9.17, 15) is 27.8 Å². The van der Waals surface area contributed by atoms with Crippen LogP contribution in [-0.4, -0.2) is 65.9 Å². The Hall–Kier alpha value is -2.51. The lowest BCUT2D eigenvalue weighted by molar-refractivity contribution is -0.144. The van der Waals surface area contributed by atoms with Crippen LogP contribution in [0, 0.1) is 0 Å². The second kappa shape index (κ2) is 7.14. The summed E-state index contributed by atoms with van der Waals surface area (Å²) in [4.78, 5) is 10.7. The van der Waals surface area contributed by atoms with Gasteiger partial charge in [-0.25, -0.2) is 19.3 Å². The molecule has 0 radical (unpaired) electrons. The molecule has 3 rings (SSSR count). The van der Waals surface area contributed by atoms with Crippen molar-refractivity contribution in [3.05, 3.63) is 24.5 Å². The highest BCUT2D eigenvalue weighted by atomic mass is 19.4. The van der Waals surface area contributed by atoms with Gasteiger partial charge in [0.15, 0.2) is 29.4 Å². The first-order valence-corrected chi connectivity index (χ1v) is 8.09. The normalized spacial score (nSPS) is 26.5. The monoisotopic (exact) mass is 407 g/mol. The molecule has 1 fully saturated rings. The molecule has 154 valence electrons. The zero-order valence-electron chi connectivity index (χ0n) is 14.4. The average molecular weight is 407 g/mol. The van der Waals surface area contributed by atoms with Crippen LogP contribution in [0.15, 0.2) is 18.7 Å². The molecule has 1 aliphatic rings. The van der Waals surface area contributed by atoms with E-state index in [-0.39, 0.29) is 17.1 Å². The van der Waals surface area contributed by atoms with Gasteiger partial charge in [0.05, 0.1) is 19.0 Å². The van der Waals surface area contributed by atoms with Gasteiger partial charge in [0, 0.05) is 0 Å². The summed E-state index contributed by atoms with van der Waals surface area (Å²) < 4.78 is 60.2. The summed E-state index contributed by atoms with van der Waals surface area (Å²) in [6.07, 6.45) is -10.4. The van der Waals surface area contributed by atoms with Crippen molar-refractivity contribution >= 4 is 17.0 Å². The molecular weight excluding hydrogens is 390 g/mol.